The number of nitrogens with zero attached hydrogens (tertiary/aromatic N) is 1. The molecule has 120 valence electrons. The summed E-state index contributed by atoms with van der Waals surface area (Å²) < 4.78 is 5.49. The number of piperidine rings is 2. The number of hydrogen-bond acceptors (Lipinski definition) is 3. The van der Waals surface area contributed by atoms with E-state index in [0.717, 1.165) is 44.6 Å². The Hall–Kier alpha value is -1.39. The monoisotopic (exact) mass is 302 g/mol. The largest absolute Gasteiger partial charge is 0.367 e. The number of carbonyl (C=O) groups excluding carboxylic acids is 1. The van der Waals surface area contributed by atoms with Crippen molar-refractivity contribution in [1.82, 2.24) is 10.2 Å². The average molecular weight is 302 g/mol. The standard InChI is InChI=1S/C18H26N2O2/c1-22-16(15-5-3-2-4-6-15)17(21)20-13-9-18(10-14-20)7-11-19-12-8-18/h2-6,16,19H,7-14H2,1H3. The van der Waals surface area contributed by atoms with Crippen LogP contribution in [0.2, 0.25) is 0 Å². The van der Waals surface area contributed by atoms with Gasteiger partial charge in [-0.1, -0.05) is 30.3 Å². The van der Waals surface area contributed by atoms with Gasteiger partial charge in [0.25, 0.3) is 5.91 Å². The number of ether oxygens (including phenoxy) is 1. The molecule has 2 aliphatic rings. The minimum Gasteiger partial charge on any atom is -0.367 e. The molecule has 0 saturated carbocycles. The van der Waals surface area contributed by atoms with Crippen LogP contribution in [0.25, 0.3) is 0 Å². The molecular formula is C18H26N2O2. The highest BCUT2D eigenvalue weighted by Crippen LogP contribution is 2.40. The van der Waals surface area contributed by atoms with Crippen LogP contribution in [0.1, 0.15) is 37.4 Å². The van der Waals surface area contributed by atoms with Crippen LogP contribution in [0.15, 0.2) is 30.3 Å². The van der Waals surface area contributed by atoms with Crippen LogP contribution in [-0.4, -0.2) is 44.1 Å². The SMILES string of the molecule is COC(C(=O)N1CCC2(CCNCC2)CC1)c1ccccc1. The predicted molar refractivity (Wildman–Crippen MR) is 86.5 cm³/mol. The van der Waals surface area contributed by atoms with Gasteiger partial charge in [0, 0.05) is 20.2 Å². The van der Waals surface area contributed by atoms with Crippen molar-refractivity contribution in [2.75, 3.05) is 33.3 Å². The van der Waals surface area contributed by atoms with Crippen molar-refractivity contribution in [3.05, 3.63) is 35.9 Å². The first-order valence-corrected chi connectivity index (χ1v) is 8.31. The molecule has 0 radical (unpaired) electrons. The van der Waals surface area contributed by atoms with Gasteiger partial charge in [0.15, 0.2) is 6.10 Å². The molecule has 1 unspecified atom stereocenters. The molecule has 0 aliphatic carbocycles. The van der Waals surface area contributed by atoms with E-state index in [4.69, 9.17) is 4.74 Å². The summed E-state index contributed by atoms with van der Waals surface area (Å²) in [6, 6.07) is 9.79. The smallest absolute Gasteiger partial charge is 0.256 e. The molecule has 2 fully saturated rings. The molecule has 4 nitrogen and oxygen atoms in total. The predicted octanol–water partition coefficient (Wildman–Crippen LogP) is 2.37. The number of rotatable bonds is 3. The van der Waals surface area contributed by atoms with E-state index in [-0.39, 0.29) is 5.91 Å². The lowest BCUT2D eigenvalue weighted by Crippen LogP contribution is -2.48. The van der Waals surface area contributed by atoms with Crippen LogP contribution in [0, 0.1) is 5.41 Å². The molecule has 2 aliphatic heterocycles. The number of methoxy groups -OCH3 is 1. The maximum absolute atomic E-state index is 12.8. The van der Waals surface area contributed by atoms with Crippen molar-refractivity contribution < 1.29 is 9.53 Å². The molecule has 22 heavy (non-hydrogen) atoms. The van der Waals surface area contributed by atoms with Gasteiger partial charge in [-0.2, -0.15) is 0 Å². The van der Waals surface area contributed by atoms with Crippen molar-refractivity contribution in [2.45, 2.75) is 31.8 Å². The summed E-state index contributed by atoms with van der Waals surface area (Å²) in [5, 5.41) is 3.44. The van der Waals surface area contributed by atoms with Crippen molar-refractivity contribution in [3.63, 3.8) is 0 Å². The summed E-state index contributed by atoms with van der Waals surface area (Å²) in [5.41, 5.74) is 1.41. The Balaban J connectivity index is 1.63. The Labute approximate surface area is 132 Å². The van der Waals surface area contributed by atoms with E-state index in [1.807, 2.05) is 35.2 Å². The lowest BCUT2D eigenvalue weighted by molar-refractivity contribution is -0.145. The number of carbonyl (C=O) groups is 1. The summed E-state index contributed by atoms with van der Waals surface area (Å²) in [5.74, 6) is 0.109. The maximum atomic E-state index is 12.8. The zero-order chi connectivity index (χ0) is 15.4. The summed E-state index contributed by atoms with van der Waals surface area (Å²) in [6.07, 6.45) is 4.29. The summed E-state index contributed by atoms with van der Waals surface area (Å²) >= 11 is 0. The zero-order valence-corrected chi connectivity index (χ0v) is 13.4. The van der Waals surface area contributed by atoms with E-state index in [9.17, 15) is 4.79 Å². The third-order valence-electron chi connectivity index (χ3n) is 5.36. The topological polar surface area (TPSA) is 41.6 Å². The van der Waals surface area contributed by atoms with Crippen LogP contribution >= 0.6 is 0 Å². The molecule has 4 heteroatoms. The molecule has 1 spiro atoms. The Morgan fingerprint density at radius 2 is 1.77 bits per heavy atom. The van der Waals surface area contributed by atoms with Crippen LogP contribution in [-0.2, 0) is 9.53 Å². The molecule has 0 bridgehead atoms. The van der Waals surface area contributed by atoms with E-state index in [0.29, 0.717) is 5.41 Å². The van der Waals surface area contributed by atoms with Gasteiger partial charge in [0.05, 0.1) is 0 Å². The van der Waals surface area contributed by atoms with Gasteiger partial charge >= 0.3 is 0 Å². The van der Waals surface area contributed by atoms with Gasteiger partial charge in [0.2, 0.25) is 0 Å². The van der Waals surface area contributed by atoms with Crippen LogP contribution in [0.4, 0.5) is 0 Å². The van der Waals surface area contributed by atoms with E-state index in [1.165, 1.54) is 12.8 Å². The fraction of sp³-hybridized carbons (Fsp3) is 0.611. The summed E-state index contributed by atoms with van der Waals surface area (Å²) in [7, 11) is 1.62. The Morgan fingerprint density at radius 3 is 2.36 bits per heavy atom. The van der Waals surface area contributed by atoms with Crippen LogP contribution < -0.4 is 5.32 Å². The van der Waals surface area contributed by atoms with Gasteiger partial charge in [0.1, 0.15) is 0 Å². The third-order valence-corrected chi connectivity index (χ3v) is 5.36. The summed E-state index contributed by atoms with van der Waals surface area (Å²) in [4.78, 5) is 14.8. The van der Waals surface area contributed by atoms with Gasteiger partial charge in [-0.15, -0.1) is 0 Å². The highest BCUT2D eigenvalue weighted by molar-refractivity contribution is 5.82. The van der Waals surface area contributed by atoms with Crippen LogP contribution in [0.3, 0.4) is 0 Å². The molecular weight excluding hydrogens is 276 g/mol. The van der Waals surface area contributed by atoms with E-state index >= 15 is 0 Å². The minimum absolute atomic E-state index is 0.109. The fourth-order valence-electron chi connectivity index (χ4n) is 3.83. The third kappa shape index (κ3) is 3.18. The van der Waals surface area contributed by atoms with E-state index < -0.39 is 6.10 Å². The molecule has 1 aromatic carbocycles. The quantitative estimate of drug-likeness (QED) is 0.932. The second-order valence-corrected chi connectivity index (χ2v) is 6.60. The maximum Gasteiger partial charge on any atom is 0.256 e. The first-order valence-electron chi connectivity index (χ1n) is 8.31. The Kier molecular flexibility index (Phi) is 4.79. The highest BCUT2D eigenvalue weighted by Gasteiger charge is 2.38. The normalized spacial score (nSPS) is 22.5. The number of amides is 1. The second-order valence-electron chi connectivity index (χ2n) is 6.60. The van der Waals surface area contributed by atoms with Crippen molar-refractivity contribution in [3.8, 4) is 0 Å². The molecule has 2 saturated heterocycles. The number of nitrogens with one attached hydrogen (secondary N) is 1. The number of benzene rings is 1. The first kappa shape index (κ1) is 15.5. The molecule has 1 atom stereocenters. The summed E-state index contributed by atoms with van der Waals surface area (Å²) in [6.45, 7) is 3.98. The van der Waals surface area contributed by atoms with E-state index in [1.54, 1.807) is 7.11 Å². The second kappa shape index (κ2) is 6.80. The lowest BCUT2D eigenvalue weighted by atomic mass is 9.71. The highest BCUT2D eigenvalue weighted by atomic mass is 16.5. The lowest BCUT2D eigenvalue weighted by Gasteiger charge is -2.45. The molecule has 3 rings (SSSR count). The van der Waals surface area contributed by atoms with Gasteiger partial charge < -0.3 is 15.0 Å². The molecule has 1 N–H and O–H groups in total. The number of hydrogen-bond donors (Lipinski definition) is 1. The Morgan fingerprint density at radius 1 is 1.14 bits per heavy atom. The van der Waals surface area contributed by atoms with E-state index in [2.05, 4.69) is 5.32 Å². The van der Waals surface area contributed by atoms with Gasteiger partial charge in [-0.3, -0.25) is 4.79 Å². The molecule has 1 aromatic rings. The Bertz CT molecular complexity index is 487. The average Bonchev–Trinajstić information content (AvgIpc) is 2.58. The van der Waals surface area contributed by atoms with Gasteiger partial charge in [-0.25, -0.2) is 0 Å². The fourth-order valence-corrected chi connectivity index (χ4v) is 3.83. The minimum atomic E-state index is -0.469. The van der Waals surface area contributed by atoms with Crippen molar-refractivity contribution in [2.24, 2.45) is 5.41 Å². The number of likely N-dealkylation sites (tertiary alicyclic amines) is 1. The zero-order valence-electron chi connectivity index (χ0n) is 13.4. The van der Waals surface area contributed by atoms with Gasteiger partial charge in [-0.05, 0) is 49.8 Å². The first-order chi connectivity index (χ1) is 10.7. The molecule has 0 aromatic heterocycles. The molecule has 2 heterocycles. The van der Waals surface area contributed by atoms with Crippen LogP contribution in [0.5, 0.6) is 0 Å². The van der Waals surface area contributed by atoms with Crippen molar-refractivity contribution >= 4 is 5.91 Å². The van der Waals surface area contributed by atoms with Crippen molar-refractivity contribution in [1.29, 1.82) is 0 Å². The molecule has 1 amide bonds.